The number of likely N-dealkylation sites (tertiary alicyclic amines) is 1. The quantitative estimate of drug-likeness (QED) is 0.301. The van der Waals surface area contributed by atoms with Crippen molar-refractivity contribution in [3.8, 4) is 5.75 Å². The van der Waals surface area contributed by atoms with Crippen LogP contribution in [0.1, 0.15) is 23.7 Å². The van der Waals surface area contributed by atoms with Gasteiger partial charge in [0.15, 0.2) is 11.9 Å². The van der Waals surface area contributed by atoms with Crippen LogP contribution in [-0.2, 0) is 25.6 Å². The van der Waals surface area contributed by atoms with E-state index >= 15 is 0 Å². The SMILES string of the molecule is CC(=O)c1cn(CC(=O)N2C[C@H](F)C[C@H]2C(=O)Nc2cccc(Br)n2)c2ccc(O[C@@H]3CO[C@H]4[C@@H]3OC[C@H]4O)cc12. The van der Waals surface area contributed by atoms with E-state index in [1.165, 1.54) is 11.8 Å². The van der Waals surface area contributed by atoms with Gasteiger partial charge in [0, 0.05) is 29.1 Å². The van der Waals surface area contributed by atoms with Gasteiger partial charge in [-0.25, -0.2) is 9.37 Å². The normalized spacial score (nSPS) is 27.3. The Morgan fingerprint density at radius 3 is 2.78 bits per heavy atom. The van der Waals surface area contributed by atoms with E-state index in [0.717, 1.165) is 0 Å². The lowest BCUT2D eigenvalue weighted by Crippen LogP contribution is -2.44. The third-order valence-corrected chi connectivity index (χ3v) is 8.09. The number of benzene rings is 1. The van der Waals surface area contributed by atoms with E-state index in [0.29, 0.717) is 26.8 Å². The zero-order chi connectivity index (χ0) is 28.8. The largest absolute Gasteiger partial charge is 0.485 e. The van der Waals surface area contributed by atoms with Crippen molar-refractivity contribution in [2.24, 2.45) is 0 Å². The molecule has 5 heterocycles. The average molecular weight is 631 g/mol. The summed E-state index contributed by atoms with van der Waals surface area (Å²) < 4.78 is 34.0. The molecule has 3 aliphatic rings. The fourth-order valence-corrected chi connectivity index (χ4v) is 6.06. The van der Waals surface area contributed by atoms with Crippen LogP contribution in [-0.4, -0.2) is 93.5 Å². The molecular formula is C28H28BrFN4O7. The summed E-state index contributed by atoms with van der Waals surface area (Å²) in [5, 5.41) is 13.2. The summed E-state index contributed by atoms with van der Waals surface area (Å²) in [6.45, 7) is 1.48. The number of aliphatic hydroxyl groups excluding tert-OH is 1. The number of hydrogen-bond acceptors (Lipinski definition) is 8. The van der Waals surface area contributed by atoms with Gasteiger partial charge in [0.25, 0.3) is 0 Å². The predicted molar refractivity (Wildman–Crippen MR) is 147 cm³/mol. The molecule has 3 saturated heterocycles. The highest BCUT2D eigenvalue weighted by Crippen LogP contribution is 2.33. The van der Waals surface area contributed by atoms with E-state index in [1.807, 2.05) is 0 Å². The monoisotopic (exact) mass is 630 g/mol. The molecule has 1 aromatic carbocycles. The molecular weight excluding hydrogens is 603 g/mol. The second-order valence-corrected chi connectivity index (χ2v) is 11.3. The molecule has 11 nitrogen and oxygen atoms in total. The van der Waals surface area contributed by atoms with Gasteiger partial charge < -0.3 is 34.1 Å². The van der Waals surface area contributed by atoms with E-state index in [9.17, 15) is 23.9 Å². The molecule has 0 bridgehead atoms. The van der Waals surface area contributed by atoms with Crippen LogP contribution in [0.25, 0.3) is 10.9 Å². The summed E-state index contributed by atoms with van der Waals surface area (Å²) in [5.74, 6) is -0.403. The summed E-state index contributed by atoms with van der Waals surface area (Å²) in [6.07, 6.45) is -1.82. The second kappa shape index (κ2) is 11.1. The first-order chi connectivity index (χ1) is 19.7. The molecule has 6 atom stereocenters. The number of anilines is 1. The maximum atomic E-state index is 14.5. The summed E-state index contributed by atoms with van der Waals surface area (Å²) in [5.41, 5.74) is 1.01. The number of carbonyl (C=O) groups excluding carboxylic acids is 3. The van der Waals surface area contributed by atoms with Gasteiger partial charge in [-0.15, -0.1) is 0 Å². The Morgan fingerprint density at radius 2 is 2.00 bits per heavy atom. The number of nitrogens with one attached hydrogen (secondary N) is 1. The Morgan fingerprint density at radius 1 is 1.20 bits per heavy atom. The number of halogens is 2. The van der Waals surface area contributed by atoms with Gasteiger partial charge in [-0.05, 0) is 53.2 Å². The van der Waals surface area contributed by atoms with Gasteiger partial charge in [0.05, 0.1) is 19.8 Å². The number of pyridine rings is 1. The fraction of sp³-hybridized carbons (Fsp3) is 0.429. The molecule has 3 fully saturated rings. The topological polar surface area (TPSA) is 132 Å². The Kier molecular flexibility index (Phi) is 7.53. The molecule has 2 aromatic heterocycles. The number of ketones is 1. The lowest BCUT2D eigenvalue weighted by Gasteiger charge is -2.24. The van der Waals surface area contributed by atoms with Crippen molar-refractivity contribution in [2.45, 2.75) is 56.5 Å². The van der Waals surface area contributed by atoms with Gasteiger partial charge in [0.2, 0.25) is 11.8 Å². The lowest BCUT2D eigenvalue weighted by molar-refractivity contribution is -0.137. The number of aliphatic hydroxyl groups is 1. The number of rotatable bonds is 7. The minimum absolute atomic E-state index is 0.120. The Balaban J connectivity index is 1.20. The summed E-state index contributed by atoms with van der Waals surface area (Å²) >= 11 is 3.25. The minimum Gasteiger partial charge on any atom is -0.485 e. The number of hydrogen-bond donors (Lipinski definition) is 2. The third-order valence-electron chi connectivity index (χ3n) is 7.65. The van der Waals surface area contributed by atoms with Crippen LogP contribution in [0.2, 0.25) is 0 Å². The molecule has 0 unspecified atom stereocenters. The van der Waals surface area contributed by atoms with Gasteiger partial charge in [-0.2, -0.15) is 0 Å². The first kappa shape index (κ1) is 27.8. The maximum Gasteiger partial charge on any atom is 0.248 e. The number of alkyl halides is 1. The molecule has 216 valence electrons. The standard InChI is InChI=1S/C28H28BrFN4O7/c1-14(35)18-10-33(19-6-5-16(8-17(18)19)41-22-13-40-26-21(36)12-39-27(22)26)11-25(37)34-9-15(30)7-20(34)28(38)32-24-4-2-3-23(29)31-24/h2-6,8,10,15,20-22,26-27,36H,7,9,11-13H2,1H3,(H,31,32,38)/t15-,20+,21-,22-,26-,27-/m1/s1. The number of aromatic nitrogens is 2. The van der Waals surface area contributed by atoms with E-state index in [-0.39, 0.29) is 50.4 Å². The van der Waals surface area contributed by atoms with Crippen LogP contribution >= 0.6 is 15.9 Å². The Hall–Kier alpha value is -3.39. The molecule has 0 radical (unpaired) electrons. The molecule has 13 heteroatoms. The van der Waals surface area contributed by atoms with Crippen LogP contribution < -0.4 is 10.1 Å². The Labute approximate surface area is 242 Å². The van der Waals surface area contributed by atoms with E-state index < -0.39 is 42.3 Å². The van der Waals surface area contributed by atoms with Crippen LogP contribution in [0.3, 0.4) is 0 Å². The van der Waals surface area contributed by atoms with Gasteiger partial charge in [0.1, 0.15) is 53.2 Å². The van der Waals surface area contributed by atoms with E-state index in [4.69, 9.17) is 14.2 Å². The van der Waals surface area contributed by atoms with Crippen LogP contribution in [0.4, 0.5) is 10.2 Å². The van der Waals surface area contributed by atoms with Gasteiger partial charge >= 0.3 is 0 Å². The average Bonchev–Trinajstić information content (AvgIpc) is 3.69. The minimum atomic E-state index is -1.34. The molecule has 0 aliphatic carbocycles. The van der Waals surface area contributed by atoms with Crippen LogP contribution in [0, 0.1) is 0 Å². The van der Waals surface area contributed by atoms with Crippen molar-refractivity contribution in [3.05, 3.63) is 52.8 Å². The van der Waals surface area contributed by atoms with Crippen molar-refractivity contribution in [1.82, 2.24) is 14.5 Å². The highest BCUT2D eigenvalue weighted by Gasteiger charge is 2.48. The Bertz CT molecular complexity index is 1520. The first-order valence-electron chi connectivity index (χ1n) is 13.3. The van der Waals surface area contributed by atoms with Crippen LogP contribution in [0.5, 0.6) is 5.75 Å². The number of amides is 2. The summed E-state index contributed by atoms with van der Waals surface area (Å²) in [6, 6.07) is 9.20. The third kappa shape index (κ3) is 5.46. The first-order valence-corrected chi connectivity index (χ1v) is 14.1. The lowest BCUT2D eigenvalue weighted by atomic mass is 10.1. The van der Waals surface area contributed by atoms with Crippen molar-refractivity contribution in [3.63, 3.8) is 0 Å². The highest BCUT2D eigenvalue weighted by atomic mass is 79.9. The molecule has 0 saturated carbocycles. The molecule has 6 rings (SSSR count). The molecule has 41 heavy (non-hydrogen) atoms. The molecule has 0 spiro atoms. The number of fused-ring (bicyclic) bond motifs is 2. The summed E-state index contributed by atoms with van der Waals surface area (Å²) in [7, 11) is 0. The van der Waals surface area contributed by atoms with Crippen molar-refractivity contribution in [2.75, 3.05) is 25.1 Å². The zero-order valence-electron chi connectivity index (χ0n) is 22.0. The number of carbonyl (C=O) groups is 3. The van der Waals surface area contributed by atoms with Crippen molar-refractivity contribution in [1.29, 1.82) is 0 Å². The zero-order valence-corrected chi connectivity index (χ0v) is 23.6. The van der Waals surface area contributed by atoms with Gasteiger partial charge in [-0.1, -0.05) is 6.07 Å². The fourth-order valence-electron chi connectivity index (χ4n) is 5.71. The predicted octanol–water partition coefficient (Wildman–Crippen LogP) is 2.49. The maximum absolute atomic E-state index is 14.5. The molecule has 2 N–H and O–H groups in total. The second-order valence-electron chi connectivity index (χ2n) is 10.5. The van der Waals surface area contributed by atoms with E-state index in [2.05, 4.69) is 26.2 Å². The molecule has 3 aromatic rings. The van der Waals surface area contributed by atoms with Gasteiger partial charge in [-0.3, -0.25) is 14.4 Å². The number of ether oxygens (including phenoxy) is 3. The smallest absolute Gasteiger partial charge is 0.248 e. The summed E-state index contributed by atoms with van der Waals surface area (Å²) in [4.78, 5) is 44.3. The van der Waals surface area contributed by atoms with Crippen LogP contribution in [0.15, 0.2) is 47.2 Å². The molecule has 2 amide bonds. The van der Waals surface area contributed by atoms with Crippen molar-refractivity contribution >= 4 is 50.2 Å². The molecule has 3 aliphatic heterocycles. The number of Topliss-reactive ketones (excluding diaryl/α,β-unsaturated/α-hetero) is 1. The van der Waals surface area contributed by atoms with E-state index in [1.54, 1.807) is 47.2 Å². The highest BCUT2D eigenvalue weighted by molar-refractivity contribution is 9.10. The number of nitrogens with zero attached hydrogens (tertiary/aromatic N) is 3. The van der Waals surface area contributed by atoms with Crippen molar-refractivity contribution < 1.29 is 38.1 Å².